The van der Waals surface area contributed by atoms with Gasteiger partial charge in [-0.2, -0.15) is 0 Å². The lowest BCUT2D eigenvalue weighted by molar-refractivity contribution is -0.918. The van der Waals surface area contributed by atoms with Crippen LogP contribution in [0.4, 0.5) is 0 Å². The third-order valence-electron chi connectivity index (χ3n) is 4.77. The van der Waals surface area contributed by atoms with Crippen LogP contribution in [-0.4, -0.2) is 43.2 Å². The highest BCUT2D eigenvalue weighted by atomic mass is 127. The van der Waals surface area contributed by atoms with Crippen molar-refractivity contribution in [1.29, 1.82) is 0 Å². The number of esters is 1. The van der Waals surface area contributed by atoms with E-state index in [9.17, 15) is 4.79 Å². The Morgan fingerprint density at radius 1 is 1.21 bits per heavy atom. The molecule has 0 bridgehead atoms. The summed E-state index contributed by atoms with van der Waals surface area (Å²) < 4.78 is 6.48. The standard InChI is InChI=1S/C18H26Cl2NO2.HI/c1-13(12-21(2,3)14-8-5-4-6-9-14)23-18(22)17-15(19)10-7-11-16(17)20;/h7,10-11,13-14H,4-6,8-9,12H2,1-3H3;1H/q+1;/p-1. The molecule has 1 atom stereocenters. The third-order valence-corrected chi connectivity index (χ3v) is 5.40. The Hall–Kier alpha value is -0.0400. The molecular weight excluding hydrogens is 460 g/mol. The average Bonchev–Trinajstić information content (AvgIpc) is 2.47. The minimum Gasteiger partial charge on any atom is -1.00 e. The number of ether oxygens (including phenoxy) is 1. The summed E-state index contributed by atoms with van der Waals surface area (Å²) in [6.45, 7) is 2.73. The fraction of sp³-hybridized carbons (Fsp3) is 0.611. The highest BCUT2D eigenvalue weighted by molar-refractivity contribution is 6.39. The van der Waals surface area contributed by atoms with Crippen molar-refractivity contribution in [2.75, 3.05) is 20.6 Å². The summed E-state index contributed by atoms with van der Waals surface area (Å²) >= 11 is 12.1. The van der Waals surface area contributed by atoms with Crippen molar-refractivity contribution in [1.82, 2.24) is 0 Å². The van der Waals surface area contributed by atoms with Gasteiger partial charge in [-0.3, -0.25) is 0 Å². The fourth-order valence-electron chi connectivity index (χ4n) is 3.56. The quantitative estimate of drug-likeness (QED) is 0.362. The molecule has 1 aliphatic carbocycles. The van der Waals surface area contributed by atoms with Crippen molar-refractivity contribution in [2.45, 2.75) is 51.2 Å². The van der Waals surface area contributed by atoms with E-state index in [1.165, 1.54) is 32.1 Å². The SMILES string of the molecule is CC(C[N+](C)(C)C1CCCCC1)OC(=O)c1c(Cl)cccc1Cl.[I-]. The minimum absolute atomic E-state index is 0. The first-order valence-corrected chi connectivity index (χ1v) is 9.04. The van der Waals surface area contributed by atoms with Gasteiger partial charge in [-0.1, -0.05) is 35.7 Å². The predicted molar refractivity (Wildman–Crippen MR) is 95.2 cm³/mol. The monoisotopic (exact) mass is 485 g/mol. The molecule has 0 aromatic heterocycles. The molecular formula is C18H26Cl2INO2. The Kier molecular flexibility index (Phi) is 8.80. The van der Waals surface area contributed by atoms with Gasteiger partial charge >= 0.3 is 5.97 Å². The van der Waals surface area contributed by atoms with Crippen LogP contribution in [0.2, 0.25) is 10.0 Å². The molecule has 3 nitrogen and oxygen atoms in total. The lowest BCUT2D eigenvalue weighted by atomic mass is 9.93. The van der Waals surface area contributed by atoms with Crippen LogP contribution in [0.1, 0.15) is 49.4 Å². The van der Waals surface area contributed by atoms with Crippen molar-refractivity contribution in [2.24, 2.45) is 0 Å². The van der Waals surface area contributed by atoms with Crippen LogP contribution in [0.5, 0.6) is 0 Å². The van der Waals surface area contributed by atoms with Crippen LogP contribution in [-0.2, 0) is 4.74 Å². The normalized spacial score (nSPS) is 17.0. The van der Waals surface area contributed by atoms with Gasteiger partial charge < -0.3 is 33.2 Å². The van der Waals surface area contributed by atoms with Crippen LogP contribution in [0.3, 0.4) is 0 Å². The van der Waals surface area contributed by atoms with E-state index in [0.29, 0.717) is 16.1 Å². The molecule has 0 amide bonds. The Morgan fingerprint density at radius 2 is 1.75 bits per heavy atom. The Bertz CT molecular complexity index is 540. The minimum atomic E-state index is -0.447. The Balaban J connectivity index is 0.00000288. The number of halogens is 3. The van der Waals surface area contributed by atoms with Gasteiger partial charge in [-0.05, 0) is 44.7 Å². The van der Waals surface area contributed by atoms with Gasteiger partial charge in [0.2, 0.25) is 0 Å². The zero-order valence-electron chi connectivity index (χ0n) is 14.5. The molecule has 0 saturated heterocycles. The molecule has 1 aromatic carbocycles. The zero-order valence-corrected chi connectivity index (χ0v) is 18.2. The number of likely N-dealkylation sites (N-methyl/N-ethyl adjacent to an activating group) is 1. The van der Waals surface area contributed by atoms with Gasteiger partial charge in [0.25, 0.3) is 0 Å². The van der Waals surface area contributed by atoms with E-state index in [1.54, 1.807) is 18.2 Å². The zero-order chi connectivity index (χ0) is 17.0. The molecule has 6 heteroatoms. The van der Waals surface area contributed by atoms with Crippen molar-refractivity contribution in [3.8, 4) is 0 Å². The molecule has 0 heterocycles. The summed E-state index contributed by atoms with van der Waals surface area (Å²) in [5.74, 6) is -0.447. The maximum absolute atomic E-state index is 12.4. The van der Waals surface area contributed by atoms with Crippen molar-refractivity contribution >= 4 is 29.2 Å². The summed E-state index contributed by atoms with van der Waals surface area (Å²) in [6.07, 6.45) is 6.26. The molecule has 0 radical (unpaired) electrons. The molecule has 1 saturated carbocycles. The second kappa shape index (κ2) is 9.60. The molecule has 0 spiro atoms. The molecule has 1 unspecified atom stereocenters. The fourth-order valence-corrected chi connectivity index (χ4v) is 4.12. The number of hydrogen-bond acceptors (Lipinski definition) is 2. The predicted octanol–water partition coefficient (Wildman–Crippen LogP) is 1.95. The summed E-state index contributed by atoms with van der Waals surface area (Å²) in [5.41, 5.74) is 0.255. The van der Waals surface area contributed by atoms with Crippen molar-refractivity contribution in [3.05, 3.63) is 33.8 Å². The number of nitrogens with zero attached hydrogens (tertiary/aromatic N) is 1. The number of quaternary nitrogens is 1. The van der Waals surface area contributed by atoms with E-state index in [4.69, 9.17) is 27.9 Å². The lowest BCUT2D eigenvalue weighted by Gasteiger charge is -2.41. The maximum atomic E-state index is 12.4. The summed E-state index contributed by atoms with van der Waals surface area (Å²) in [4.78, 5) is 12.4. The number of carbonyl (C=O) groups is 1. The highest BCUT2D eigenvalue weighted by Crippen LogP contribution is 2.28. The molecule has 2 rings (SSSR count). The number of benzene rings is 1. The van der Waals surface area contributed by atoms with Crippen LogP contribution in [0.25, 0.3) is 0 Å². The van der Waals surface area contributed by atoms with E-state index >= 15 is 0 Å². The van der Waals surface area contributed by atoms with E-state index in [-0.39, 0.29) is 35.6 Å². The molecule has 1 aromatic rings. The van der Waals surface area contributed by atoms with Gasteiger partial charge in [0.15, 0.2) is 0 Å². The van der Waals surface area contributed by atoms with Crippen LogP contribution >= 0.6 is 23.2 Å². The first kappa shape index (κ1) is 22.0. The molecule has 24 heavy (non-hydrogen) atoms. The second-order valence-corrected chi connectivity index (χ2v) is 7.88. The topological polar surface area (TPSA) is 26.3 Å². The lowest BCUT2D eigenvalue weighted by Crippen LogP contribution is -3.00. The second-order valence-electron chi connectivity index (χ2n) is 7.07. The summed E-state index contributed by atoms with van der Waals surface area (Å²) in [6, 6.07) is 5.66. The van der Waals surface area contributed by atoms with Crippen LogP contribution in [0.15, 0.2) is 18.2 Å². The molecule has 0 N–H and O–H groups in total. The Labute approximate surface area is 172 Å². The van der Waals surface area contributed by atoms with E-state index in [1.807, 2.05) is 6.92 Å². The first-order valence-electron chi connectivity index (χ1n) is 8.29. The van der Waals surface area contributed by atoms with Crippen LogP contribution < -0.4 is 24.0 Å². The third kappa shape index (κ3) is 5.75. The van der Waals surface area contributed by atoms with E-state index < -0.39 is 5.97 Å². The maximum Gasteiger partial charge on any atom is 0.341 e. The highest BCUT2D eigenvalue weighted by Gasteiger charge is 2.32. The van der Waals surface area contributed by atoms with Gasteiger partial charge in [0, 0.05) is 0 Å². The van der Waals surface area contributed by atoms with E-state index in [0.717, 1.165) is 11.0 Å². The van der Waals surface area contributed by atoms with Crippen molar-refractivity contribution in [3.63, 3.8) is 0 Å². The summed E-state index contributed by atoms with van der Waals surface area (Å²) in [7, 11) is 4.45. The largest absolute Gasteiger partial charge is 1.00 e. The van der Waals surface area contributed by atoms with E-state index in [2.05, 4.69) is 14.1 Å². The first-order chi connectivity index (χ1) is 10.8. The number of rotatable bonds is 5. The molecule has 0 aliphatic heterocycles. The molecule has 1 aliphatic rings. The Morgan fingerprint density at radius 3 is 2.29 bits per heavy atom. The van der Waals surface area contributed by atoms with Gasteiger partial charge in [0.05, 0.1) is 35.7 Å². The molecule has 136 valence electrons. The summed E-state index contributed by atoms with van der Waals surface area (Å²) in [5, 5.41) is 0.659. The average molecular weight is 486 g/mol. The van der Waals surface area contributed by atoms with Gasteiger partial charge in [0.1, 0.15) is 12.6 Å². The smallest absolute Gasteiger partial charge is 0.341 e. The van der Waals surface area contributed by atoms with Gasteiger partial charge in [-0.25, -0.2) is 4.79 Å². The van der Waals surface area contributed by atoms with Crippen molar-refractivity contribution < 1.29 is 38.0 Å². The van der Waals surface area contributed by atoms with Gasteiger partial charge in [-0.15, -0.1) is 0 Å². The van der Waals surface area contributed by atoms with Crippen LogP contribution in [0, 0.1) is 0 Å². The molecule has 1 fully saturated rings. The number of carbonyl (C=O) groups excluding carboxylic acids is 1. The number of hydrogen-bond donors (Lipinski definition) is 0.